The highest BCUT2D eigenvalue weighted by molar-refractivity contribution is 7.13. The molecule has 0 aliphatic rings. The Morgan fingerprint density at radius 3 is 2.51 bits per heavy atom. The van der Waals surface area contributed by atoms with E-state index in [9.17, 15) is 4.79 Å². The van der Waals surface area contributed by atoms with Gasteiger partial charge >= 0.3 is 0 Å². The number of aromatic nitrogens is 3. The molecule has 7 nitrogen and oxygen atoms in total. The molecule has 0 bridgehead atoms. The van der Waals surface area contributed by atoms with Crippen LogP contribution in [-0.2, 0) is 7.05 Å². The van der Waals surface area contributed by atoms with Gasteiger partial charge in [-0.2, -0.15) is 5.10 Å². The Kier molecular flexibility index (Phi) is 5.86. The Balaban J connectivity index is 1.54. The Morgan fingerprint density at radius 2 is 1.76 bits per heavy atom. The van der Waals surface area contributed by atoms with Crippen molar-refractivity contribution in [3.63, 3.8) is 0 Å². The van der Waals surface area contributed by atoms with Crippen molar-refractivity contribution in [2.24, 2.45) is 17.1 Å². The molecule has 9 heteroatoms. The van der Waals surface area contributed by atoms with Gasteiger partial charge in [-0.05, 0) is 50.2 Å². The van der Waals surface area contributed by atoms with Gasteiger partial charge in [-0.3, -0.25) is 9.48 Å². The van der Waals surface area contributed by atoms with Gasteiger partial charge in [0.2, 0.25) is 4.80 Å². The first kappa shape index (κ1) is 23.2. The third-order valence-electron chi connectivity index (χ3n) is 6.16. The summed E-state index contributed by atoms with van der Waals surface area (Å²) in [5.41, 5.74) is 3.30. The number of para-hydroxylation sites is 2. The molecule has 0 amide bonds. The molecule has 0 atom stereocenters. The van der Waals surface area contributed by atoms with Crippen molar-refractivity contribution >= 4 is 45.5 Å². The standard InChI is InChI=1S/C28H23N5O2S2/c1-18-13-14-22(37-18)16-29-32-23(25-15-20-9-7-8-12-24(20)35-25)17-36-28(32)30-26-19(2)31(3)33(27(26)34)21-10-5-4-6-11-21/h4-17H,1-3H3. The van der Waals surface area contributed by atoms with Crippen LogP contribution in [-0.4, -0.2) is 20.3 Å². The van der Waals surface area contributed by atoms with Crippen LogP contribution < -0.4 is 10.4 Å². The molecule has 0 radical (unpaired) electrons. The monoisotopic (exact) mass is 525 g/mol. The largest absolute Gasteiger partial charge is 0.454 e. The van der Waals surface area contributed by atoms with Crippen molar-refractivity contribution in [1.29, 1.82) is 0 Å². The van der Waals surface area contributed by atoms with Crippen molar-refractivity contribution < 1.29 is 4.42 Å². The summed E-state index contributed by atoms with van der Waals surface area (Å²) < 4.78 is 11.3. The summed E-state index contributed by atoms with van der Waals surface area (Å²) in [6.45, 7) is 3.96. The van der Waals surface area contributed by atoms with Crippen LogP contribution in [0, 0.1) is 13.8 Å². The highest BCUT2D eigenvalue weighted by atomic mass is 32.1. The molecule has 37 heavy (non-hydrogen) atoms. The van der Waals surface area contributed by atoms with E-state index >= 15 is 0 Å². The van der Waals surface area contributed by atoms with Gasteiger partial charge in [-0.25, -0.2) is 14.4 Å². The lowest BCUT2D eigenvalue weighted by molar-refractivity contribution is 0.622. The number of rotatable bonds is 5. The average molecular weight is 526 g/mol. The molecule has 4 aromatic heterocycles. The molecular weight excluding hydrogens is 502 g/mol. The third kappa shape index (κ3) is 4.22. The Morgan fingerprint density at radius 1 is 0.973 bits per heavy atom. The van der Waals surface area contributed by atoms with E-state index in [0.29, 0.717) is 16.2 Å². The van der Waals surface area contributed by atoms with Crippen LogP contribution in [0.5, 0.6) is 0 Å². The Labute approximate surface area is 220 Å². The molecule has 0 aliphatic carbocycles. The van der Waals surface area contributed by atoms with Crippen LogP contribution >= 0.6 is 22.7 Å². The zero-order chi connectivity index (χ0) is 25.5. The molecule has 0 aliphatic heterocycles. The van der Waals surface area contributed by atoms with Crippen molar-refractivity contribution in [1.82, 2.24) is 14.0 Å². The van der Waals surface area contributed by atoms with Gasteiger partial charge in [0.15, 0.2) is 11.4 Å². The van der Waals surface area contributed by atoms with E-state index in [0.717, 1.165) is 32.9 Å². The maximum Gasteiger partial charge on any atom is 0.297 e. The smallest absolute Gasteiger partial charge is 0.297 e. The fourth-order valence-corrected chi connectivity index (χ4v) is 5.75. The molecule has 184 valence electrons. The van der Waals surface area contributed by atoms with Gasteiger partial charge in [0.1, 0.15) is 11.3 Å². The van der Waals surface area contributed by atoms with E-state index in [4.69, 9.17) is 14.5 Å². The normalized spacial score (nSPS) is 12.4. The number of benzene rings is 2. The minimum absolute atomic E-state index is 0.186. The number of furan rings is 1. The Bertz CT molecular complexity index is 1860. The van der Waals surface area contributed by atoms with E-state index in [1.165, 1.54) is 16.2 Å². The number of thiazole rings is 1. The van der Waals surface area contributed by atoms with Crippen molar-refractivity contribution in [2.75, 3.05) is 0 Å². The van der Waals surface area contributed by atoms with Crippen molar-refractivity contribution in [3.8, 4) is 17.1 Å². The predicted molar refractivity (Wildman–Crippen MR) is 151 cm³/mol. The topological polar surface area (TPSA) is 69.7 Å². The van der Waals surface area contributed by atoms with Crippen LogP contribution in [0.3, 0.4) is 0 Å². The van der Waals surface area contributed by atoms with Crippen LogP contribution in [0.25, 0.3) is 28.1 Å². The molecule has 0 N–H and O–H groups in total. The maximum absolute atomic E-state index is 13.5. The SMILES string of the molecule is Cc1ccc(C=Nn2c(-c3cc4ccccc4o3)csc2=Nc2c(C)n(C)n(-c3ccccc3)c2=O)s1. The van der Waals surface area contributed by atoms with Crippen LogP contribution in [0.15, 0.2) is 97.5 Å². The maximum atomic E-state index is 13.5. The quantitative estimate of drug-likeness (QED) is 0.250. The van der Waals surface area contributed by atoms with Gasteiger partial charge in [0, 0.05) is 27.6 Å². The van der Waals surface area contributed by atoms with Crippen LogP contribution in [0.2, 0.25) is 0 Å². The summed E-state index contributed by atoms with van der Waals surface area (Å²) in [5, 5.41) is 7.75. The molecule has 2 aromatic carbocycles. The third-order valence-corrected chi connectivity index (χ3v) is 7.91. The van der Waals surface area contributed by atoms with E-state index in [1.807, 2.05) is 97.0 Å². The van der Waals surface area contributed by atoms with Gasteiger partial charge in [-0.15, -0.1) is 22.7 Å². The molecule has 0 saturated carbocycles. The van der Waals surface area contributed by atoms with Crippen molar-refractivity contribution in [3.05, 3.63) is 109 Å². The van der Waals surface area contributed by atoms with Gasteiger partial charge in [0.05, 0.1) is 17.6 Å². The fraction of sp³-hybridized carbons (Fsp3) is 0.107. The summed E-state index contributed by atoms with van der Waals surface area (Å²) in [6, 6.07) is 23.6. The summed E-state index contributed by atoms with van der Waals surface area (Å²) in [7, 11) is 1.86. The van der Waals surface area contributed by atoms with Gasteiger partial charge in [-0.1, -0.05) is 36.4 Å². The molecule has 0 spiro atoms. The van der Waals surface area contributed by atoms with Crippen LogP contribution in [0.1, 0.15) is 15.4 Å². The second-order valence-corrected chi connectivity index (χ2v) is 10.7. The molecule has 6 aromatic rings. The number of aryl methyl sites for hydroxylation is 1. The summed E-state index contributed by atoms with van der Waals surface area (Å²) in [6.07, 6.45) is 1.82. The first-order valence-electron chi connectivity index (χ1n) is 11.7. The minimum Gasteiger partial charge on any atom is -0.454 e. The molecule has 0 fully saturated rings. The number of hydrogen-bond acceptors (Lipinski definition) is 6. The van der Waals surface area contributed by atoms with Crippen molar-refractivity contribution in [2.45, 2.75) is 13.8 Å². The number of thiophene rings is 1. The van der Waals surface area contributed by atoms with E-state index < -0.39 is 0 Å². The number of nitrogens with zero attached hydrogens (tertiary/aromatic N) is 5. The molecular formula is C28H23N5O2S2. The highest BCUT2D eigenvalue weighted by Crippen LogP contribution is 2.28. The summed E-state index contributed by atoms with van der Waals surface area (Å²) in [5.74, 6) is 0.685. The second kappa shape index (κ2) is 9.34. The lowest BCUT2D eigenvalue weighted by Gasteiger charge is -2.07. The van der Waals surface area contributed by atoms with E-state index in [-0.39, 0.29) is 5.56 Å². The molecule has 0 unspecified atom stereocenters. The molecule has 0 saturated heterocycles. The highest BCUT2D eigenvalue weighted by Gasteiger charge is 2.18. The second-order valence-electron chi connectivity index (χ2n) is 8.58. The average Bonchev–Trinajstić information content (AvgIpc) is 3.66. The number of fused-ring (bicyclic) bond motifs is 1. The predicted octanol–water partition coefficient (Wildman–Crippen LogP) is 6.25. The molecule has 6 rings (SSSR count). The fourth-order valence-electron chi connectivity index (χ4n) is 4.18. The van der Waals surface area contributed by atoms with Gasteiger partial charge in [0.25, 0.3) is 5.56 Å². The Hall–Kier alpha value is -4.21. The molecule has 4 heterocycles. The lowest BCUT2D eigenvalue weighted by Crippen LogP contribution is -2.19. The zero-order valence-corrected chi connectivity index (χ0v) is 22.1. The van der Waals surface area contributed by atoms with E-state index in [2.05, 4.69) is 13.0 Å². The first-order valence-corrected chi connectivity index (χ1v) is 13.4. The van der Waals surface area contributed by atoms with E-state index in [1.54, 1.807) is 20.7 Å². The summed E-state index contributed by atoms with van der Waals surface area (Å²) in [4.78, 5) is 21.1. The lowest BCUT2D eigenvalue weighted by atomic mass is 10.2. The minimum atomic E-state index is -0.186. The first-order chi connectivity index (χ1) is 18.0. The summed E-state index contributed by atoms with van der Waals surface area (Å²) >= 11 is 3.08. The van der Waals surface area contributed by atoms with Crippen LogP contribution in [0.4, 0.5) is 5.69 Å². The number of hydrogen-bond donors (Lipinski definition) is 0. The van der Waals surface area contributed by atoms with Gasteiger partial charge < -0.3 is 4.42 Å². The zero-order valence-electron chi connectivity index (χ0n) is 20.5.